The van der Waals surface area contributed by atoms with Crippen molar-refractivity contribution in [2.45, 2.75) is 84.6 Å². The molecule has 30 heavy (non-hydrogen) atoms. The van der Waals surface area contributed by atoms with E-state index in [1.807, 2.05) is 12.1 Å². The molecule has 4 nitrogen and oxygen atoms in total. The van der Waals surface area contributed by atoms with Crippen molar-refractivity contribution >= 4 is 69.6 Å². The van der Waals surface area contributed by atoms with Crippen molar-refractivity contribution in [3.63, 3.8) is 0 Å². The zero-order chi connectivity index (χ0) is 22.0. The minimum Gasteiger partial charge on any atom is -0.282 e. The summed E-state index contributed by atoms with van der Waals surface area (Å²) in [7, 11) is 0. The molecule has 2 aromatic rings. The highest BCUT2D eigenvalue weighted by molar-refractivity contribution is 6.67. The summed E-state index contributed by atoms with van der Waals surface area (Å²) in [6.07, 6.45) is 14.2. The van der Waals surface area contributed by atoms with Crippen LogP contribution in [0.25, 0.3) is 0 Å². The fraction of sp³-hybridized carbons (Fsp3) is 0.700. The monoisotopic (exact) mass is 534 g/mol. The van der Waals surface area contributed by atoms with Crippen molar-refractivity contribution in [2.24, 2.45) is 0 Å². The van der Waals surface area contributed by atoms with Crippen molar-refractivity contribution in [2.75, 3.05) is 0 Å². The topological polar surface area (TPSA) is 57.4 Å². The number of alkyl halides is 6. The number of rotatable bonds is 13. The third-order valence-electron chi connectivity index (χ3n) is 4.98. The van der Waals surface area contributed by atoms with E-state index >= 15 is 0 Å². The zero-order valence-corrected chi connectivity index (χ0v) is 21.3. The molecule has 0 saturated carbocycles. The molecular weight excluding hydrogens is 509 g/mol. The van der Waals surface area contributed by atoms with Gasteiger partial charge in [-0.15, -0.1) is 0 Å². The van der Waals surface area contributed by atoms with Gasteiger partial charge in [-0.3, -0.25) is 10.2 Å². The molecule has 0 spiro atoms. The molecular formula is C20H28Cl6N4. The molecule has 0 bridgehead atoms. The van der Waals surface area contributed by atoms with Crippen molar-refractivity contribution in [1.29, 1.82) is 0 Å². The van der Waals surface area contributed by atoms with Gasteiger partial charge in [0.15, 0.2) is 0 Å². The summed E-state index contributed by atoms with van der Waals surface area (Å²) in [5.41, 5.74) is 2.96. The van der Waals surface area contributed by atoms with Crippen molar-refractivity contribution < 1.29 is 0 Å². The Labute approximate surface area is 208 Å². The lowest BCUT2D eigenvalue weighted by atomic mass is 10.0. The third kappa shape index (κ3) is 10.2. The van der Waals surface area contributed by atoms with E-state index in [0.717, 1.165) is 37.1 Å². The predicted octanol–water partition coefficient (Wildman–Crippen LogP) is 8.47. The highest BCUT2D eigenvalue weighted by Crippen LogP contribution is 2.37. The lowest BCUT2D eigenvalue weighted by molar-refractivity contribution is 0.549. The lowest BCUT2D eigenvalue weighted by Gasteiger charge is -2.04. The molecule has 2 heterocycles. The Balaban J connectivity index is 1.40. The van der Waals surface area contributed by atoms with Crippen LogP contribution in [0, 0.1) is 0 Å². The number of hydrogen-bond acceptors (Lipinski definition) is 2. The van der Waals surface area contributed by atoms with Crippen LogP contribution >= 0.6 is 69.6 Å². The van der Waals surface area contributed by atoms with Gasteiger partial charge in [0.25, 0.3) is 0 Å². The zero-order valence-electron chi connectivity index (χ0n) is 16.8. The maximum Gasteiger partial charge on any atom is 0.234 e. The van der Waals surface area contributed by atoms with Gasteiger partial charge in [-0.1, -0.05) is 121 Å². The summed E-state index contributed by atoms with van der Waals surface area (Å²) in [5, 5.41) is 14.0. The van der Waals surface area contributed by atoms with Crippen LogP contribution < -0.4 is 0 Å². The van der Waals surface area contributed by atoms with Crippen molar-refractivity contribution in [3.05, 3.63) is 34.9 Å². The Morgan fingerprint density at radius 3 is 1.10 bits per heavy atom. The Morgan fingerprint density at radius 2 is 0.833 bits per heavy atom. The smallest absolute Gasteiger partial charge is 0.234 e. The van der Waals surface area contributed by atoms with Crippen LogP contribution in [-0.4, -0.2) is 20.4 Å². The fourth-order valence-electron chi connectivity index (χ4n) is 3.31. The molecule has 0 aliphatic carbocycles. The van der Waals surface area contributed by atoms with Crippen LogP contribution in [0.2, 0.25) is 0 Å². The van der Waals surface area contributed by atoms with E-state index in [4.69, 9.17) is 69.6 Å². The number of halogens is 6. The van der Waals surface area contributed by atoms with Gasteiger partial charge >= 0.3 is 0 Å². The second-order valence-electron chi connectivity index (χ2n) is 7.59. The van der Waals surface area contributed by atoms with E-state index in [9.17, 15) is 0 Å². The van der Waals surface area contributed by atoms with E-state index in [1.54, 1.807) is 0 Å². The predicted molar refractivity (Wildman–Crippen MR) is 129 cm³/mol. The normalized spacial score (nSPS) is 12.6. The first-order valence-electron chi connectivity index (χ1n) is 10.4. The second-order valence-corrected chi connectivity index (χ2v) is 12.2. The molecule has 0 atom stereocenters. The molecule has 2 rings (SSSR count). The number of H-pyrrole nitrogens is 2. The number of nitrogens with one attached hydrogen (secondary N) is 2. The van der Waals surface area contributed by atoms with Crippen LogP contribution in [0.1, 0.15) is 87.0 Å². The van der Waals surface area contributed by atoms with Gasteiger partial charge in [0.2, 0.25) is 7.59 Å². The first kappa shape index (κ1) is 26.4. The first-order valence-corrected chi connectivity index (χ1v) is 12.7. The molecule has 2 N–H and O–H groups in total. The summed E-state index contributed by atoms with van der Waals surface area (Å²) < 4.78 is -2.91. The number of aromatic amines is 2. The van der Waals surface area contributed by atoms with Gasteiger partial charge < -0.3 is 0 Å². The lowest BCUT2D eigenvalue weighted by Crippen LogP contribution is -1.99. The summed E-state index contributed by atoms with van der Waals surface area (Å²) in [5.74, 6) is 0. The van der Waals surface area contributed by atoms with Crippen LogP contribution in [0.3, 0.4) is 0 Å². The van der Waals surface area contributed by atoms with E-state index < -0.39 is 7.59 Å². The summed E-state index contributed by atoms with van der Waals surface area (Å²) in [4.78, 5) is 0. The minimum absolute atomic E-state index is 0.458. The molecule has 2 aromatic heterocycles. The number of nitrogens with zero attached hydrogens (tertiary/aromatic N) is 2. The van der Waals surface area contributed by atoms with Gasteiger partial charge in [-0.05, 0) is 37.8 Å². The second kappa shape index (κ2) is 13.0. The Bertz CT molecular complexity index is 670. The summed E-state index contributed by atoms with van der Waals surface area (Å²) >= 11 is 34.9. The SMILES string of the molecule is ClC(Cl)(Cl)c1cc(CCCCCCCCCCCCc2cc(C(Cl)(Cl)Cl)n[nH]2)[nH]n1. The van der Waals surface area contributed by atoms with Crippen molar-refractivity contribution in [3.8, 4) is 0 Å². The quantitative estimate of drug-likeness (QED) is 0.199. The van der Waals surface area contributed by atoms with E-state index in [-0.39, 0.29) is 0 Å². The largest absolute Gasteiger partial charge is 0.282 e. The van der Waals surface area contributed by atoms with E-state index in [0.29, 0.717) is 11.4 Å². The average molecular weight is 537 g/mol. The van der Waals surface area contributed by atoms with Crippen molar-refractivity contribution in [1.82, 2.24) is 20.4 Å². The van der Waals surface area contributed by atoms with Crippen LogP contribution in [0.4, 0.5) is 0 Å². The fourth-order valence-corrected chi connectivity index (χ4v) is 3.90. The molecule has 0 aliphatic heterocycles. The van der Waals surface area contributed by atoms with Gasteiger partial charge in [0, 0.05) is 11.4 Å². The molecule has 170 valence electrons. The molecule has 10 heteroatoms. The summed E-state index contributed by atoms with van der Waals surface area (Å²) in [6, 6.07) is 3.66. The minimum atomic E-state index is -1.46. The standard InChI is InChI=1S/C20H28Cl6N4/c21-19(22,23)17-13-15(27-29-17)11-9-7-5-3-1-2-4-6-8-10-12-16-14-18(30-28-16)20(24,25)26/h13-14H,1-12H2,(H,27,29)(H,28,30). The highest BCUT2D eigenvalue weighted by Gasteiger charge is 2.26. The Kier molecular flexibility index (Phi) is 11.5. The molecule has 0 radical (unpaired) electrons. The van der Waals surface area contributed by atoms with Gasteiger partial charge in [-0.25, -0.2) is 0 Å². The number of hydrogen-bond donors (Lipinski definition) is 2. The maximum absolute atomic E-state index is 5.82. The molecule has 0 aromatic carbocycles. The average Bonchev–Trinajstić information content (AvgIpc) is 3.31. The van der Waals surface area contributed by atoms with Gasteiger partial charge in [0.1, 0.15) is 11.4 Å². The molecule has 0 amide bonds. The Hall–Kier alpha value is 0.160. The van der Waals surface area contributed by atoms with E-state index in [2.05, 4.69) is 20.4 Å². The van der Waals surface area contributed by atoms with E-state index in [1.165, 1.54) is 51.4 Å². The highest BCUT2D eigenvalue weighted by atomic mass is 35.6. The molecule has 0 fully saturated rings. The molecule has 0 unspecified atom stereocenters. The van der Waals surface area contributed by atoms with Crippen LogP contribution in [0.15, 0.2) is 12.1 Å². The molecule has 0 saturated heterocycles. The first-order chi connectivity index (χ1) is 14.2. The third-order valence-corrected chi connectivity index (χ3v) is 6.15. The van der Waals surface area contributed by atoms with Gasteiger partial charge in [-0.2, -0.15) is 10.2 Å². The summed E-state index contributed by atoms with van der Waals surface area (Å²) in [6.45, 7) is 0. The number of aryl methyl sites for hydroxylation is 2. The number of unbranched alkanes of at least 4 members (excludes halogenated alkanes) is 9. The maximum atomic E-state index is 5.82. The molecule has 0 aliphatic rings. The van der Waals surface area contributed by atoms with Crippen LogP contribution in [-0.2, 0) is 20.4 Å². The van der Waals surface area contributed by atoms with Gasteiger partial charge in [0.05, 0.1) is 0 Å². The van der Waals surface area contributed by atoms with Crippen LogP contribution in [0.5, 0.6) is 0 Å². The number of aromatic nitrogens is 4. The Morgan fingerprint density at radius 1 is 0.533 bits per heavy atom.